The Morgan fingerprint density at radius 3 is 2.61 bits per heavy atom. The highest BCUT2D eigenvalue weighted by Crippen LogP contribution is 2.38. The molecule has 166 valence electrons. The van der Waals surface area contributed by atoms with Gasteiger partial charge in [-0.25, -0.2) is 0 Å². The van der Waals surface area contributed by atoms with Crippen LogP contribution in [0.4, 0.5) is 0 Å². The number of aromatic nitrogens is 3. The zero-order valence-electron chi connectivity index (χ0n) is 18.5. The molecule has 0 radical (unpaired) electrons. The maximum atomic E-state index is 9.94. The van der Waals surface area contributed by atoms with E-state index in [2.05, 4.69) is 75.3 Å². The molecule has 2 aromatic carbocycles. The van der Waals surface area contributed by atoms with Crippen LogP contribution in [0.1, 0.15) is 55.8 Å². The highest BCUT2D eigenvalue weighted by Gasteiger charge is 2.34. The molecule has 0 spiro atoms. The van der Waals surface area contributed by atoms with E-state index < -0.39 is 5.41 Å². The van der Waals surface area contributed by atoms with Crippen LogP contribution in [0.2, 0.25) is 0 Å². The molecule has 2 aromatic heterocycles. The van der Waals surface area contributed by atoms with E-state index in [-0.39, 0.29) is 0 Å². The van der Waals surface area contributed by atoms with Gasteiger partial charge in [0, 0.05) is 28.9 Å². The Balaban J connectivity index is 1.33. The van der Waals surface area contributed by atoms with Crippen molar-refractivity contribution >= 4 is 28.3 Å². The van der Waals surface area contributed by atoms with E-state index in [4.69, 9.17) is 4.74 Å². The number of hydrogen-bond acceptors (Lipinski definition) is 5. The normalized spacial score (nSPS) is 18.6. The molecule has 0 amide bonds. The minimum Gasteiger partial charge on any atom is -0.381 e. The Morgan fingerprint density at radius 1 is 0.970 bits per heavy atom. The summed E-state index contributed by atoms with van der Waals surface area (Å²) in [5.41, 5.74) is 2.76. The summed E-state index contributed by atoms with van der Waals surface area (Å²) >= 11 is 1.75. The van der Waals surface area contributed by atoms with Crippen molar-refractivity contribution in [2.45, 2.75) is 59.6 Å². The van der Waals surface area contributed by atoms with Crippen molar-refractivity contribution in [3.8, 4) is 6.07 Å². The number of rotatable bonds is 4. The van der Waals surface area contributed by atoms with Gasteiger partial charge in [-0.2, -0.15) is 5.26 Å². The summed E-state index contributed by atoms with van der Waals surface area (Å²) < 4.78 is 7.77. The molecular weight excluding hydrogens is 428 g/mol. The van der Waals surface area contributed by atoms with Gasteiger partial charge in [-0.15, -0.1) is 10.2 Å². The lowest BCUT2D eigenvalue weighted by Crippen LogP contribution is -2.32. The predicted molar refractivity (Wildman–Crippen MR) is 130 cm³/mol. The van der Waals surface area contributed by atoms with Crippen molar-refractivity contribution in [3.05, 3.63) is 66.0 Å². The zero-order valence-corrected chi connectivity index (χ0v) is 19.4. The fourth-order valence-corrected chi connectivity index (χ4v) is 6.31. The van der Waals surface area contributed by atoms with Gasteiger partial charge in [-0.05, 0) is 79.1 Å². The van der Waals surface area contributed by atoms with Gasteiger partial charge in [-0.1, -0.05) is 36.7 Å². The summed E-state index contributed by atoms with van der Waals surface area (Å²) in [5, 5.41) is 20.1. The van der Waals surface area contributed by atoms with Crippen LogP contribution in [-0.4, -0.2) is 27.8 Å². The number of hydrogen-bond donors (Lipinski definition) is 0. The fourth-order valence-electron chi connectivity index (χ4n) is 5.39. The van der Waals surface area contributed by atoms with Gasteiger partial charge < -0.3 is 4.74 Å². The first-order chi connectivity index (χ1) is 16.3. The van der Waals surface area contributed by atoms with Gasteiger partial charge in [0.2, 0.25) is 0 Å². The second-order valence-corrected chi connectivity index (χ2v) is 10.4. The summed E-state index contributed by atoms with van der Waals surface area (Å²) in [5.74, 6) is 1.62. The lowest BCUT2D eigenvalue weighted by atomic mass is 9.75. The molecule has 1 aliphatic carbocycles. The van der Waals surface area contributed by atoms with E-state index in [9.17, 15) is 5.26 Å². The van der Waals surface area contributed by atoms with Crippen molar-refractivity contribution < 1.29 is 4.74 Å². The third-order valence-electron chi connectivity index (χ3n) is 7.27. The summed E-state index contributed by atoms with van der Waals surface area (Å²) in [6.07, 6.45) is 6.49. The van der Waals surface area contributed by atoms with Gasteiger partial charge in [0.15, 0.2) is 5.65 Å². The van der Waals surface area contributed by atoms with Gasteiger partial charge in [0.1, 0.15) is 5.82 Å². The fraction of sp³-hybridized carbons (Fsp3) is 0.370. The molecule has 0 bridgehead atoms. The molecule has 6 heteroatoms. The Bertz CT molecular complexity index is 1360. The molecule has 33 heavy (non-hydrogen) atoms. The maximum Gasteiger partial charge on any atom is 0.161 e. The average molecular weight is 455 g/mol. The van der Waals surface area contributed by atoms with Crippen LogP contribution in [0.25, 0.3) is 16.6 Å². The molecule has 0 atom stereocenters. The van der Waals surface area contributed by atoms with E-state index in [1.54, 1.807) is 11.8 Å². The number of nitrogens with zero attached hydrogens (tertiary/aromatic N) is 4. The molecule has 0 N–H and O–H groups in total. The minimum absolute atomic E-state index is 0.436. The molecule has 5 nitrogen and oxygen atoms in total. The highest BCUT2D eigenvalue weighted by molar-refractivity contribution is 7.99. The molecule has 1 aliphatic heterocycles. The molecule has 6 rings (SSSR count). The summed E-state index contributed by atoms with van der Waals surface area (Å²) in [7, 11) is 0. The SMILES string of the molecule is N#CC1(c2cccc(Sc3ccc4c(ccc5nnc(C6CCCC6)n54)c3)c2)CCOCC1. The van der Waals surface area contributed by atoms with Crippen molar-refractivity contribution in [2.24, 2.45) is 0 Å². The van der Waals surface area contributed by atoms with Crippen molar-refractivity contribution in [1.82, 2.24) is 14.6 Å². The van der Waals surface area contributed by atoms with Crippen molar-refractivity contribution in [1.29, 1.82) is 5.26 Å². The van der Waals surface area contributed by atoms with Gasteiger partial charge in [0.25, 0.3) is 0 Å². The first-order valence-corrected chi connectivity index (χ1v) is 12.6. The number of benzene rings is 2. The van der Waals surface area contributed by atoms with Crippen LogP contribution in [0.3, 0.4) is 0 Å². The maximum absolute atomic E-state index is 9.94. The quantitative estimate of drug-likeness (QED) is 0.364. The Hall–Kier alpha value is -2.88. The third kappa shape index (κ3) is 3.70. The number of ether oxygens (including phenoxy) is 1. The number of pyridine rings is 1. The monoisotopic (exact) mass is 454 g/mol. The van der Waals surface area contributed by atoms with Crippen molar-refractivity contribution in [3.63, 3.8) is 0 Å². The van der Waals surface area contributed by atoms with E-state index >= 15 is 0 Å². The largest absolute Gasteiger partial charge is 0.381 e. The molecule has 2 fully saturated rings. The predicted octanol–water partition coefficient (Wildman–Crippen LogP) is 6.26. The summed E-state index contributed by atoms with van der Waals surface area (Å²) in [4.78, 5) is 2.34. The Labute approximate surface area is 197 Å². The molecule has 1 saturated heterocycles. The van der Waals surface area contributed by atoms with E-state index in [1.807, 2.05) is 0 Å². The van der Waals surface area contributed by atoms with Crippen LogP contribution in [0.15, 0.2) is 64.4 Å². The van der Waals surface area contributed by atoms with Gasteiger partial charge >= 0.3 is 0 Å². The van der Waals surface area contributed by atoms with E-state index in [0.717, 1.165) is 34.8 Å². The average Bonchev–Trinajstić information content (AvgIpc) is 3.54. The standard InChI is InChI=1S/C27H26N4OS/c28-18-27(12-14-32-15-13-27)21-6-3-7-22(17-21)33-23-9-10-24-20(16-23)8-11-25-29-30-26(31(24)25)19-4-1-2-5-19/h3,6-11,16-17,19H,1-2,4-5,12-15H2. The van der Waals surface area contributed by atoms with E-state index in [0.29, 0.717) is 19.1 Å². The molecular formula is C27H26N4OS. The lowest BCUT2D eigenvalue weighted by molar-refractivity contribution is 0.0675. The molecule has 1 saturated carbocycles. The van der Waals surface area contributed by atoms with Crippen LogP contribution in [-0.2, 0) is 10.2 Å². The first kappa shape index (κ1) is 20.7. The third-order valence-corrected chi connectivity index (χ3v) is 8.25. The van der Waals surface area contributed by atoms with Crippen molar-refractivity contribution in [2.75, 3.05) is 13.2 Å². The summed E-state index contributed by atoms with van der Waals surface area (Å²) in [6.45, 7) is 1.30. The number of fused-ring (bicyclic) bond motifs is 3. The van der Waals surface area contributed by atoms with Gasteiger partial charge in [0.05, 0.1) is 17.0 Å². The van der Waals surface area contributed by atoms with Crippen LogP contribution >= 0.6 is 11.8 Å². The molecule has 3 heterocycles. The number of nitriles is 1. The highest BCUT2D eigenvalue weighted by atomic mass is 32.2. The first-order valence-electron chi connectivity index (χ1n) is 11.8. The van der Waals surface area contributed by atoms with E-state index in [1.165, 1.54) is 41.5 Å². The molecule has 2 aliphatic rings. The lowest BCUT2D eigenvalue weighted by Gasteiger charge is -2.31. The zero-order chi connectivity index (χ0) is 22.3. The smallest absolute Gasteiger partial charge is 0.161 e. The second kappa shape index (κ2) is 8.48. The topological polar surface area (TPSA) is 63.2 Å². The molecule has 0 unspecified atom stereocenters. The van der Waals surface area contributed by atoms with Crippen LogP contribution < -0.4 is 0 Å². The second-order valence-electron chi connectivity index (χ2n) is 9.22. The van der Waals surface area contributed by atoms with Crippen LogP contribution in [0, 0.1) is 11.3 Å². The van der Waals surface area contributed by atoms with Crippen LogP contribution in [0.5, 0.6) is 0 Å². The minimum atomic E-state index is -0.436. The summed E-state index contributed by atoms with van der Waals surface area (Å²) in [6, 6.07) is 21.9. The Kier molecular flexibility index (Phi) is 5.32. The Morgan fingerprint density at radius 2 is 1.79 bits per heavy atom. The molecule has 4 aromatic rings. The van der Waals surface area contributed by atoms with Gasteiger partial charge in [-0.3, -0.25) is 4.40 Å².